The van der Waals surface area contributed by atoms with E-state index in [0.717, 1.165) is 35.3 Å². The number of halogens is 2. The van der Waals surface area contributed by atoms with Gasteiger partial charge in [-0.25, -0.2) is 4.98 Å². The van der Waals surface area contributed by atoms with Gasteiger partial charge in [0.05, 0.1) is 31.0 Å². The highest BCUT2D eigenvalue weighted by atomic mass is 35.5. The number of aliphatic hydroxyl groups is 1. The highest BCUT2D eigenvalue weighted by molar-refractivity contribution is 8.00. The van der Waals surface area contributed by atoms with Crippen LogP contribution in [0, 0.1) is 13.8 Å². The Bertz CT molecular complexity index is 2080. The van der Waals surface area contributed by atoms with E-state index in [2.05, 4.69) is 22.1 Å². The summed E-state index contributed by atoms with van der Waals surface area (Å²) in [5, 5.41) is 21.7. The van der Waals surface area contributed by atoms with Gasteiger partial charge in [0, 0.05) is 22.0 Å². The average molecular weight is 725 g/mol. The lowest BCUT2D eigenvalue weighted by Crippen LogP contribution is -2.29. The molecule has 48 heavy (non-hydrogen) atoms. The first-order valence-corrected chi connectivity index (χ1v) is 17.6. The van der Waals surface area contributed by atoms with Crippen molar-refractivity contribution in [1.82, 2.24) is 19.6 Å². The number of anilines is 1. The minimum Gasteiger partial charge on any atom is -0.505 e. The number of Topliss-reactive ketones (excluding diaryl/α,β-unsaturated/α-hetero) is 1. The molecule has 1 atom stereocenters. The maximum atomic E-state index is 13.9. The van der Waals surface area contributed by atoms with Crippen LogP contribution in [-0.2, 0) is 15.3 Å². The molecule has 10 nitrogen and oxygen atoms in total. The Hall–Kier alpha value is -4.10. The lowest BCUT2D eigenvalue weighted by Gasteiger charge is -2.23. The SMILES string of the molecule is CCCCOc1ccc(C2C(=C(O)c3nc4c(C)cccn4c3C)C(=O)C(=O)N2c2nnc(SCc3ccc(Cl)cc3Cl)s2)cc1OC. The fraction of sp³-hybridized carbons (Fsp3) is 0.265. The fourth-order valence-corrected chi connectivity index (χ4v) is 7.88. The summed E-state index contributed by atoms with van der Waals surface area (Å²) in [6.45, 7) is 6.28. The number of pyridine rings is 1. The van der Waals surface area contributed by atoms with Crippen LogP contribution in [0.5, 0.6) is 11.5 Å². The lowest BCUT2D eigenvalue weighted by molar-refractivity contribution is -0.132. The van der Waals surface area contributed by atoms with Crippen molar-refractivity contribution in [3.63, 3.8) is 0 Å². The predicted octanol–water partition coefficient (Wildman–Crippen LogP) is 8.22. The van der Waals surface area contributed by atoms with Crippen molar-refractivity contribution in [3.05, 3.63) is 98.4 Å². The van der Waals surface area contributed by atoms with Crippen LogP contribution < -0.4 is 14.4 Å². The van der Waals surface area contributed by atoms with Gasteiger partial charge in [0.2, 0.25) is 5.13 Å². The Kier molecular flexibility index (Phi) is 9.98. The molecule has 0 aliphatic carbocycles. The van der Waals surface area contributed by atoms with Crippen molar-refractivity contribution in [2.45, 2.75) is 49.7 Å². The van der Waals surface area contributed by atoms with Crippen LogP contribution in [0.3, 0.4) is 0 Å². The number of hydrogen-bond acceptors (Lipinski definition) is 10. The summed E-state index contributed by atoms with van der Waals surface area (Å²) in [4.78, 5) is 33.7. The van der Waals surface area contributed by atoms with Crippen molar-refractivity contribution in [2.24, 2.45) is 0 Å². The van der Waals surface area contributed by atoms with Crippen molar-refractivity contribution in [3.8, 4) is 11.5 Å². The molecule has 1 amide bonds. The summed E-state index contributed by atoms with van der Waals surface area (Å²) < 4.78 is 14.0. The van der Waals surface area contributed by atoms with Crippen LogP contribution >= 0.6 is 46.3 Å². The molecule has 6 rings (SSSR count). The number of nitrogens with zero attached hydrogens (tertiary/aromatic N) is 5. The third-order valence-electron chi connectivity index (χ3n) is 7.98. The Labute approximate surface area is 295 Å². The highest BCUT2D eigenvalue weighted by Gasteiger charge is 2.49. The number of hydrogen-bond donors (Lipinski definition) is 1. The van der Waals surface area contributed by atoms with Gasteiger partial charge in [0.25, 0.3) is 5.78 Å². The first kappa shape index (κ1) is 33.8. The number of aryl methyl sites for hydroxylation is 2. The first-order valence-electron chi connectivity index (χ1n) is 15.1. The summed E-state index contributed by atoms with van der Waals surface area (Å²) >= 11 is 14.9. The smallest absolute Gasteiger partial charge is 0.301 e. The van der Waals surface area contributed by atoms with Crippen LogP contribution in [0.2, 0.25) is 10.0 Å². The van der Waals surface area contributed by atoms with Crippen LogP contribution in [0.25, 0.3) is 11.4 Å². The molecule has 2 aromatic carbocycles. The van der Waals surface area contributed by atoms with E-state index in [-0.39, 0.29) is 22.2 Å². The third-order valence-corrected chi connectivity index (χ3v) is 10.7. The van der Waals surface area contributed by atoms with E-state index in [1.165, 1.54) is 23.8 Å². The molecule has 1 saturated heterocycles. The van der Waals surface area contributed by atoms with Crippen molar-refractivity contribution in [2.75, 3.05) is 18.6 Å². The molecule has 1 aliphatic heterocycles. The van der Waals surface area contributed by atoms with Gasteiger partial charge in [0.1, 0.15) is 11.3 Å². The molecule has 3 aromatic heterocycles. The van der Waals surface area contributed by atoms with Crippen LogP contribution in [0.15, 0.2) is 64.6 Å². The third kappa shape index (κ3) is 6.37. The standard InChI is InChI=1S/C34H31Cl2N5O5S2/c1-5-6-14-46-24-12-10-20(15-25(24)45-4)28-26(29(42)27-19(3)40-13-7-8-18(2)31(40)37-27)30(43)32(44)41(28)33-38-39-34(48-33)47-17-21-9-11-22(35)16-23(21)36/h7-13,15-16,28,42H,5-6,14,17H2,1-4H3. The molecule has 0 bridgehead atoms. The monoisotopic (exact) mass is 723 g/mol. The zero-order valence-corrected chi connectivity index (χ0v) is 29.6. The fourth-order valence-electron chi connectivity index (χ4n) is 5.46. The number of ether oxygens (including phenoxy) is 2. The quantitative estimate of drug-likeness (QED) is 0.0359. The molecule has 4 heterocycles. The number of thioether (sulfide) groups is 1. The first-order chi connectivity index (χ1) is 23.1. The topological polar surface area (TPSA) is 119 Å². The summed E-state index contributed by atoms with van der Waals surface area (Å²) in [7, 11) is 1.52. The molecule has 1 fully saturated rings. The Morgan fingerprint density at radius 3 is 2.62 bits per heavy atom. The van der Waals surface area contributed by atoms with E-state index < -0.39 is 17.7 Å². The molecule has 0 radical (unpaired) electrons. The van der Waals surface area contributed by atoms with E-state index in [4.69, 9.17) is 32.7 Å². The Morgan fingerprint density at radius 2 is 1.90 bits per heavy atom. The minimum absolute atomic E-state index is 0.122. The summed E-state index contributed by atoms with van der Waals surface area (Å²) in [6, 6.07) is 13.2. The zero-order chi connectivity index (χ0) is 34.1. The van der Waals surface area contributed by atoms with Gasteiger partial charge in [-0.3, -0.25) is 14.5 Å². The molecule has 5 aromatic rings. The number of aromatic nitrogens is 4. The number of amides is 1. The normalized spacial score (nSPS) is 15.9. The van der Waals surface area contributed by atoms with Gasteiger partial charge in [-0.05, 0) is 67.3 Å². The molecular weight excluding hydrogens is 693 g/mol. The van der Waals surface area contributed by atoms with Crippen LogP contribution in [0.1, 0.15) is 53.9 Å². The summed E-state index contributed by atoms with van der Waals surface area (Å²) in [5.41, 5.74) is 3.57. The van der Waals surface area contributed by atoms with E-state index >= 15 is 0 Å². The van der Waals surface area contributed by atoms with Gasteiger partial charge in [-0.15, -0.1) is 10.2 Å². The number of imidazole rings is 1. The molecule has 14 heteroatoms. The molecular formula is C34H31Cl2N5O5S2. The van der Waals surface area contributed by atoms with Gasteiger partial charge in [-0.1, -0.05) is 77.8 Å². The maximum Gasteiger partial charge on any atom is 0.301 e. The number of carbonyl (C=O) groups excluding carboxylic acids is 2. The van der Waals surface area contributed by atoms with Gasteiger partial charge < -0.3 is 19.0 Å². The van der Waals surface area contributed by atoms with Gasteiger partial charge >= 0.3 is 5.91 Å². The second-order valence-corrected chi connectivity index (χ2v) is 14.1. The number of rotatable bonds is 11. The number of carbonyl (C=O) groups is 2. The average Bonchev–Trinajstić information content (AvgIpc) is 3.75. The number of unbranched alkanes of at least 4 members (excludes halogenated alkanes) is 1. The second-order valence-electron chi connectivity index (χ2n) is 11.1. The van der Waals surface area contributed by atoms with E-state index in [1.807, 2.05) is 35.7 Å². The van der Waals surface area contributed by atoms with Crippen molar-refractivity contribution in [1.29, 1.82) is 0 Å². The summed E-state index contributed by atoms with van der Waals surface area (Å²) in [6.07, 6.45) is 3.66. The van der Waals surface area contributed by atoms with Gasteiger partial charge in [0.15, 0.2) is 21.6 Å². The molecule has 1 unspecified atom stereocenters. The molecule has 1 N–H and O–H groups in total. The number of benzene rings is 2. The van der Waals surface area contributed by atoms with Crippen molar-refractivity contribution < 1.29 is 24.2 Å². The highest BCUT2D eigenvalue weighted by Crippen LogP contribution is 2.46. The maximum absolute atomic E-state index is 13.9. The minimum atomic E-state index is -1.06. The van der Waals surface area contributed by atoms with Gasteiger partial charge in [-0.2, -0.15) is 0 Å². The molecule has 248 valence electrons. The predicted molar refractivity (Wildman–Crippen MR) is 189 cm³/mol. The number of aliphatic hydroxyl groups excluding tert-OH is 1. The van der Waals surface area contributed by atoms with E-state index in [9.17, 15) is 14.7 Å². The Balaban J connectivity index is 1.44. The molecule has 0 spiro atoms. The molecule has 1 aliphatic rings. The zero-order valence-electron chi connectivity index (χ0n) is 26.5. The number of ketones is 1. The van der Waals surface area contributed by atoms with Crippen molar-refractivity contribution >= 4 is 74.5 Å². The van der Waals surface area contributed by atoms with E-state index in [1.54, 1.807) is 37.3 Å². The number of fused-ring (bicyclic) bond motifs is 1. The van der Waals surface area contributed by atoms with Crippen LogP contribution in [0.4, 0.5) is 5.13 Å². The Morgan fingerprint density at radius 1 is 1.08 bits per heavy atom. The largest absolute Gasteiger partial charge is 0.505 e. The second kappa shape index (κ2) is 14.2. The van der Waals surface area contributed by atoms with Crippen LogP contribution in [-0.4, -0.2) is 50.1 Å². The molecule has 0 saturated carbocycles. The number of methoxy groups -OCH3 is 1. The lowest BCUT2D eigenvalue weighted by atomic mass is 9.96. The summed E-state index contributed by atoms with van der Waals surface area (Å²) in [5.74, 6) is -0.688. The van der Waals surface area contributed by atoms with E-state index in [0.29, 0.717) is 55.1 Å².